The number of carboxylic acid groups (broad SMARTS) is 1. The van der Waals surface area contributed by atoms with Crippen molar-refractivity contribution in [3.63, 3.8) is 0 Å². The minimum atomic E-state index is -1.27. The Morgan fingerprint density at radius 1 is 1.18 bits per heavy atom. The van der Waals surface area contributed by atoms with E-state index < -0.39 is 29.3 Å². The van der Waals surface area contributed by atoms with Gasteiger partial charge in [0, 0.05) is 34.0 Å². The van der Waals surface area contributed by atoms with E-state index >= 15 is 0 Å². The molecule has 3 heterocycles. The van der Waals surface area contributed by atoms with E-state index in [0.717, 1.165) is 41.3 Å². The number of hydrogen-bond acceptors (Lipinski definition) is 4. The molecule has 0 aliphatic carbocycles. The number of halogens is 2. The van der Waals surface area contributed by atoms with Gasteiger partial charge in [-0.25, -0.2) is 18.6 Å². The van der Waals surface area contributed by atoms with Gasteiger partial charge in [-0.2, -0.15) is 0 Å². The number of ether oxygens (including phenoxy) is 2. The molecule has 1 aliphatic rings. The molecule has 39 heavy (non-hydrogen) atoms. The molecule has 2 aromatic heterocycles. The lowest BCUT2D eigenvalue weighted by Crippen LogP contribution is -2.28. The number of fused-ring (bicyclic) bond motifs is 2. The van der Waals surface area contributed by atoms with Crippen LogP contribution in [0.3, 0.4) is 0 Å². The minimum Gasteiger partial charge on any atom is -0.493 e. The Balaban J connectivity index is 1.78. The number of pyridine rings is 1. The quantitative estimate of drug-likeness (QED) is 0.291. The van der Waals surface area contributed by atoms with Gasteiger partial charge in [-0.3, -0.25) is 0 Å². The number of aromatic nitrogens is 2. The predicted molar refractivity (Wildman–Crippen MR) is 145 cm³/mol. The van der Waals surface area contributed by atoms with Gasteiger partial charge < -0.3 is 19.1 Å². The van der Waals surface area contributed by atoms with E-state index in [2.05, 4.69) is 0 Å². The zero-order valence-electron chi connectivity index (χ0n) is 22.8. The highest BCUT2D eigenvalue weighted by Crippen LogP contribution is 2.43. The molecule has 0 saturated carbocycles. The van der Waals surface area contributed by atoms with Crippen molar-refractivity contribution in [3.8, 4) is 16.9 Å². The van der Waals surface area contributed by atoms with Gasteiger partial charge in [-0.1, -0.05) is 18.2 Å². The van der Waals surface area contributed by atoms with Crippen molar-refractivity contribution >= 4 is 17.0 Å². The molecule has 204 valence electrons. The molecule has 1 aliphatic heterocycles. The number of hydrogen-bond donors (Lipinski definition) is 1. The van der Waals surface area contributed by atoms with Gasteiger partial charge in [0.25, 0.3) is 0 Å². The van der Waals surface area contributed by atoms with E-state index in [1.54, 1.807) is 17.7 Å². The molecule has 0 fully saturated rings. The molecular formula is C31H32F2N2O4. The normalized spacial score (nSPS) is 14.2. The Labute approximate surface area is 226 Å². The molecule has 0 radical (unpaired) electrons. The van der Waals surface area contributed by atoms with E-state index in [4.69, 9.17) is 14.5 Å². The SMILES string of the molecule is Cc1nc2c(ccn2Cc2cccc(F)c2F)c(-c2ccc3c(c2C)CCCO3)c1C(OC(C)(C)C)C(=O)O. The molecule has 0 amide bonds. The van der Waals surface area contributed by atoms with Crippen LogP contribution in [0.5, 0.6) is 5.75 Å². The zero-order valence-corrected chi connectivity index (χ0v) is 22.8. The number of nitrogens with zero attached hydrogens (tertiary/aromatic N) is 2. The fourth-order valence-corrected chi connectivity index (χ4v) is 5.39. The van der Waals surface area contributed by atoms with Crippen LogP contribution in [0.1, 0.15) is 61.2 Å². The van der Waals surface area contributed by atoms with Crippen molar-refractivity contribution in [1.82, 2.24) is 9.55 Å². The molecule has 5 rings (SSSR count). The predicted octanol–water partition coefficient (Wildman–Crippen LogP) is 6.91. The highest BCUT2D eigenvalue weighted by Gasteiger charge is 2.33. The summed E-state index contributed by atoms with van der Waals surface area (Å²) in [7, 11) is 0. The van der Waals surface area contributed by atoms with Gasteiger partial charge in [-0.05, 0) is 82.3 Å². The Hall–Kier alpha value is -3.78. The van der Waals surface area contributed by atoms with Crippen molar-refractivity contribution in [2.45, 2.75) is 65.7 Å². The standard InChI is InChI=1S/C31H32F2N2O4/c1-17-20-9-7-15-38-24(20)12-11-21(17)26-22-13-14-35(16-19-8-6-10-23(32)27(19)33)29(22)34-18(2)25(26)28(30(36)37)39-31(3,4)5/h6,8,10-14,28H,7,9,15-16H2,1-5H3,(H,36,37). The number of benzene rings is 2. The summed E-state index contributed by atoms with van der Waals surface area (Å²) in [5.74, 6) is -2.09. The summed E-state index contributed by atoms with van der Waals surface area (Å²) in [5.41, 5.74) is 4.63. The van der Waals surface area contributed by atoms with Gasteiger partial charge in [0.05, 0.1) is 18.8 Å². The molecule has 1 N–H and O–H groups in total. The molecule has 1 atom stereocenters. The molecule has 2 aromatic carbocycles. The van der Waals surface area contributed by atoms with Gasteiger partial charge in [-0.15, -0.1) is 0 Å². The van der Waals surface area contributed by atoms with Gasteiger partial charge >= 0.3 is 5.97 Å². The zero-order chi connectivity index (χ0) is 28.1. The molecular weight excluding hydrogens is 502 g/mol. The molecule has 8 heteroatoms. The summed E-state index contributed by atoms with van der Waals surface area (Å²) in [6, 6.07) is 9.84. The minimum absolute atomic E-state index is 0.0657. The Morgan fingerprint density at radius 3 is 2.67 bits per heavy atom. The van der Waals surface area contributed by atoms with Crippen LogP contribution < -0.4 is 4.74 Å². The maximum Gasteiger partial charge on any atom is 0.337 e. The van der Waals surface area contributed by atoms with E-state index in [1.807, 2.05) is 45.9 Å². The van der Waals surface area contributed by atoms with Crippen molar-refractivity contribution in [3.05, 3.63) is 82.2 Å². The number of carboxylic acids is 1. The lowest BCUT2D eigenvalue weighted by molar-refractivity contribution is -0.160. The Kier molecular flexibility index (Phi) is 6.93. The second-order valence-corrected chi connectivity index (χ2v) is 11.0. The molecule has 6 nitrogen and oxygen atoms in total. The lowest BCUT2D eigenvalue weighted by Gasteiger charge is -2.29. The largest absolute Gasteiger partial charge is 0.493 e. The molecule has 4 aromatic rings. The number of aliphatic carboxylic acids is 1. The van der Waals surface area contributed by atoms with Crippen LogP contribution in [0, 0.1) is 25.5 Å². The van der Waals surface area contributed by atoms with Crippen molar-refractivity contribution in [2.24, 2.45) is 0 Å². The van der Waals surface area contributed by atoms with Crippen molar-refractivity contribution in [1.29, 1.82) is 0 Å². The molecule has 0 bridgehead atoms. The topological polar surface area (TPSA) is 73.6 Å². The fourth-order valence-electron chi connectivity index (χ4n) is 5.39. The molecule has 0 saturated heterocycles. The first-order chi connectivity index (χ1) is 18.5. The first-order valence-corrected chi connectivity index (χ1v) is 13.0. The maximum atomic E-state index is 14.5. The summed E-state index contributed by atoms with van der Waals surface area (Å²) in [6.07, 6.45) is 2.26. The van der Waals surface area contributed by atoms with Crippen LogP contribution >= 0.6 is 0 Å². The first kappa shape index (κ1) is 26.8. The number of carbonyl (C=O) groups is 1. The summed E-state index contributed by atoms with van der Waals surface area (Å²) in [5, 5.41) is 11.0. The Bertz CT molecular complexity index is 1590. The number of rotatable bonds is 6. The van der Waals surface area contributed by atoms with E-state index in [-0.39, 0.29) is 12.1 Å². The van der Waals surface area contributed by atoms with Crippen molar-refractivity contribution < 1.29 is 28.2 Å². The highest BCUT2D eigenvalue weighted by molar-refractivity contribution is 5.99. The third-order valence-electron chi connectivity index (χ3n) is 7.12. The van der Waals surface area contributed by atoms with Crippen LogP contribution in [0.2, 0.25) is 0 Å². The van der Waals surface area contributed by atoms with Crippen LogP contribution in [-0.4, -0.2) is 32.8 Å². The fraction of sp³-hybridized carbons (Fsp3) is 0.355. The van der Waals surface area contributed by atoms with Crippen LogP contribution in [0.15, 0.2) is 42.6 Å². The van der Waals surface area contributed by atoms with Crippen LogP contribution in [0.4, 0.5) is 8.78 Å². The maximum absolute atomic E-state index is 14.5. The smallest absolute Gasteiger partial charge is 0.337 e. The second-order valence-electron chi connectivity index (χ2n) is 11.0. The van der Waals surface area contributed by atoms with E-state index in [9.17, 15) is 18.7 Å². The third-order valence-corrected chi connectivity index (χ3v) is 7.12. The van der Waals surface area contributed by atoms with Crippen LogP contribution in [0.25, 0.3) is 22.2 Å². The summed E-state index contributed by atoms with van der Waals surface area (Å²) < 4.78 is 42.2. The first-order valence-electron chi connectivity index (χ1n) is 13.0. The second kappa shape index (κ2) is 10.1. The average Bonchev–Trinajstić information content (AvgIpc) is 3.26. The number of aryl methyl sites for hydroxylation is 1. The Morgan fingerprint density at radius 2 is 1.95 bits per heavy atom. The van der Waals surface area contributed by atoms with Gasteiger partial charge in [0.2, 0.25) is 0 Å². The lowest BCUT2D eigenvalue weighted by atomic mass is 9.87. The third kappa shape index (κ3) is 5.01. The molecule has 0 spiro atoms. The van der Waals surface area contributed by atoms with E-state index in [0.29, 0.717) is 34.5 Å². The monoisotopic (exact) mass is 534 g/mol. The summed E-state index contributed by atoms with van der Waals surface area (Å²) >= 11 is 0. The summed E-state index contributed by atoms with van der Waals surface area (Å²) in [4.78, 5) is 17.4. The van der Waals surface area contributed by atoms with Gasteiger partial charge in [0.1, 0.15) is 11.4 Å². The highest BCUT2D eigenvalue weighted by atomic mass is 19.2. The van der Waals surface area contributed by atoms with E-state index in [1.165, 1.54) is 12.1 Å². The molecule has 1 unspecified atom stereocenters. The summed E-state index contributed by atoms with van der Waals surface area (Å²) in [6.45, 7) is 9.96. The van der Waals surface area contributed by atoms with Gasteiger partial charge in [0.15, 0.2) is 17.7 Å². The average molecular weight is 535 g/mol. The van der Waals surface area contributed by atoms with Crippen molar-refractivity contribution in [2.75, 3.05) is 6.61 Å². The van der Waals surface area contributed by atoms with Crippen LogP contribution in [-0.2, 0) is 22.5 Å².